The van der Waals surface area contributed by atoms with E-state index in [4.69, 9.17) is 0 Å². The Morgan fingerprint density at radius 2 is 1.74 bits per heavy atom. The van der Waals surface area contributed by atoms with Crippen LogP contribution in [0.25, 0.3) is 0 Å². The Morgan fingerprint density at radius 3 is 2.16 bits per heavy atom. The van der Waals surface area contributed by atoms with Crippen LogP contribution < -0.4 is 4.72 Å². The zero-order valence-corrected chi connectivity index (χ0v) is 11.9. The normalized spacial score (nSPS) is 12.3. The van der Waals surface area contributed by atoms with Crippen LogP contribution in [0.4, 0.5) is 0 Å². The summed E-state index contributed by atoms with van der Waals surface area (Å²) in [4.78, 5) is 11.4. The van der Waals surface area contributed by atoms with Crippen molar-refractivity contribution in [2.75, 3.05) is 6.54 Å². The van der Waals surface area contributed by atoms with Crippen LogP contribution in [0, 0.1) is 5.41 Å². The van der Waals surface area contributed by atoms with Gasteiger partial charge in [-0.15, -0.1) is 0 Å². The van der Waals surface area contributed by atoms with E-state index in [0.717, 1.165) is 0 Å². The van der Waals surface area contributed by atoms with Crippen LogP contribution in [-0.2, 0) is 14.8 Å². The molecule has 0 atom stereocenters. The fourth-order valence-electron chi connectivity index (χ4n) is 1.79. The summed E-state index contributed by atoms with van der Waals surface area (Å²) in [7, 11) is -3.66. The SMILES string of the molecule is CCC(CC)(CNS(=O)(=O)c1ccccc1)C(=O)O. The van der Waals surface area contributed by atoms with E-state index < -0.39 is 21.4 Å². The predicted molar refractivity (Wildman–Crippen MR) is 72.3 cm³/mol. The highest BCUT2D eigenvalue weighted by molar-refractivity contribution is 7.89. The first-order chi connectivity index (χ1) is 8.88. The van der Waals surface area contributed by atoms with Crippen molar-refractivity contribution >= 4 is 16.0 Å². The molecule has 0 saturated carbocycles. The molecule has 0 saturated heterocycles. The highest BCUT2D eigenvalue weighted by Gasteiger charge is 2.36. The van der Waals surface area contributed by atoms with E-state index in [-0.39, 0.29) is 11.4 Å². The molecular formula is C13H19NO4S. The first-order valence-electron chi connectivity index (χ1n) is 6.16. The predicted octanol–water partition coefficient (Wildman–Crippen LogP) is 1.86. The Kier molecular flexibility index (Phi) is 5.08. The van der Waals surface area contributed by atoms with Gasteiger partial charge in [0, 0.05) is 6.54 Å². The maximum atomic E-state index is 12.0. The van der Waals surface area contributed by atoms with Crippen molar-refractivity contribution in [3.63, 3.8) is 0 Å². The van der Waals surface area contributed by atoms with Gasteiger partial charge in [-0.1, -0.05) is 32.0 Å². The molecule has 5 nitrogen and oxygen atoms in total. The van der Waals surface area contributed by atoms with Crippen molar-refractivity contribution < 1.29 is 18.3 Å². The van der Waals surface area contributed by atoms with Crippen molar-refractivity contribution in [2.24, 2.45) is 5.41 Å². The molecule has 2 N–H and O–H groups in total. The Bertz CT molecular complexity index is 521. The number of hydrogen-bond donors (Lipinski definition) is 2. The molecule has 0 aliphatic heterocycles. The molecule has 1 aromatic rings. The van der Waals surface area contributed by atoms with Crippen LogP contribution in [0.1, 0.15) is 26.7 Å². The summed E-state index contributed by atoms with van der Waals surface area (Å²) in [6.07, 6.45) is 0.742. The number of aliphatic carboxylic acids is 1. The monoisotopic (exact) mass is 285 g/mol. The smallest absolute Gasteiger partial charge is 0.310 e. The lowest BCUT2D eigenvalue weighted by Gasteiger charge is -2.26. The second-order valence-corrected chi connectivity index (χ2v) is 6.20. The van der Waals surface area contributed by atoms with E-state index in [1.165, 1.54) is 12.1 Å². The average molecular weight is 285 g/mol. The maximum Gasteiger partial charge on any atom is 0.310 e. The fourth-order valence-corrected chi connectivity index (χ4v) is 2.94. The highest BCUT2D eigenvalue weighted by atomic mass is 32.2. The second-order valence-electron chi connectivity index (χ2n) is 4.43. The van der Waals surface area contributed by atoms with E-state index in [1.807, 2.05) is 0 Å². The van der Waals surface area contributed by atoms with Gasteiger partial charge in [0.05, 0.1) is 10.3 Å². The average Bonchev–Trinajstić information content (AvgIpc) is 2.41. The van der Waals surface area contributed by atoms with E-state index >= 15 is 0 Å². The molecule has 106 valence electrons. The molecule has 0 unspecified atom stereocenters. The van der Waals surface area contributed by atoms with Crippen LogP contribution in [0.3, 0.4) is 0 Å². The molecule has 0 aliphatic rings. The third kappa shape index (κ3) is 3.54. The van der Waals surface area contributed by atoms with Crippen molar-refractivity contribution in [2.45, 2.75) is 31.6 Å². The minimum absolute atomic E-state index is 0.105. The number of carboxylic acids is 1. The lowest BCUT2D eigenvalue weighted by atomic mass is 9.83. The zero-order chi connectivity index (χ0) is 14.5. The number of nitrogens with one attached hydrogen (secondary N) is 1. The Morgan fingerprint density at radius 1 is 1.21 bits per heavy atom. The van der Waals surface area contributed by atoms with Gasteiger partial charge >= 0.3 is 5.97 Å². The Balaban J connectivity index is 2.89. The van der Waals surface area contributed by atoms with Gasteiger partial charge in [-0.2, -0.15) is 0 Å². The van der Waals surface area contributed by atoms with Crippen LogP contribution in [-0.4, -0.2) is 26.0 Å². The molecule has 0 amide bonds. The molecule has 0 bridgehead atoms. The number of hydrogen-bond acceptors (Lipinski definition) is 3. The largest absolute Gasteiger partial charge is 0.481 e. The summed E-state index contributed by atoms with van der Waals surface area (Å²) < 4.78 is 26.4. The molecule has 1 rings (SSSR count). The maximum absolute atomic E-state index is 12.0. The van der Waals surface area contributed by atoms with Gasteiger partial charge in [-0.05, 0) is 25.0 Å². The zero-order valence-electron chi connectivity index (χ0n) is 11.1. The number of benzene rings is 1. The van der Waals surface area contributed by atoms with Gasteiger partial charge in [-0.3, -0.25) is 4.79 Å². The number of sulfonamides is 1. The van der Waals surface area contributed by atoms with Gasteiger partial charge in [0.15, 0.2) is 0 Å². The number of carboxylic acid groups (broad SMARTS) is 1. The van der Waals surface area contributed by atoms with Crippen LogP contribution in [0.5, 0.6) is 0 Å². The lowest BCUT2D eigenvalue weighted by Crippen LogP contribution is -2.42. The molecular weight excluding hydrogens is 266 g/mol. The van der Waals surface area contributed by atoms with E-state index in [0.29, 0.717) is 12.8 Å². The van der Waals surface area contributed by atoms with Gasteiger partial charge in [0.1, 0.15) is 0 Å². The molecule has 0 radical (unpaired) electrons. The van der Waals surface area contributed by atoms with Crippen LogP contribution in [0.15, 0.2) is 35.2 Å². The molecule has 6 heteroatoms. The van der Waals surface area contributed by atoms with Crippen LogP contribution in [0.2, 0.25) is 0 Å². The van der Waals surface area contributed by atoms with Crippen molar-refractivity contribution in [3.8, 4) is 0 Å². The summed E-state index contributed by atoms with van der Waals surface area (Å²) in [5, 5.41) is 9.26. The second kappa shape index (κ2) is 6.16. The van der Waals surface area contributed by atoms with Crippen LogP contribution >= 0.6 is 0 Å². The topological polar surface area (TPSA) is 83.5 Å². The molecule has 0 heterocycles. The lowest BCUT2D eigenvalue weighted by molar-refractivity contribution is -0.149. The first kappa shape index (κ1) is 15.7. The third-order valence-electron chi connectivity index (χ3n) is 3.46. The third-order valence-corrected chi connectivity index (χ3v) is 4.88. The Hall–Kier alpha value is -1.40. The highest BCUT2D eigenvalue weighted by Crippen LogP contribution is 2.26. The van der Waals surface area contributed by atoms with Crippen molar-refractivity contribution in [3.05, 3.63) is 30.3 Å². The molecule has 0 aliphatic carbocycles. The van der Waals surface area contributed by atoms with E-state index in [1.54, 1.807) is 32.0 Å². The summed E-state index contributed by atoms with van der Waals surface area (Å²) in [6, 6.07) is 7.92. The molecule has 0 fully saturated rings. The summed E-state index contributed by atoms with van der Waals surface area (Å²) in [5.41, 5.74) is -1.05. The minimum Gasteiger partial charge on any atom is -0.481 e. The number of carbonyl (C=O) groups is 1. The van der Waals surface area contributed by atoms with Gasteiger partial charge in [-0.25, -0.2) is 13.1 Å². The van der Waals surface area contributed by atoms with Gasteiger partial charge < -0.3 is 5.11 Å². The summed E-state index contributed by atoms with van der Waals surface area (Å²) in [6.45, 7) is 3.38. The molecule has 0 aromatic heterocycles. The molecule has 1 aromatic carbocycles. The van der Waals surface area contributed by atoms with E-state index in [2.05, 4.69) is 4.72 Å². The molecule has 0 spiro atoms. The standard InChI is InChI=1S/C13H19NO4S/c1-3-13(4-2,12(15)16)10-14-19(17,18)11-8-6-5-7-9-11/h5-9,14H,3-4,10H2,1-2H3,(H,15,16). The van der Waals surface area contributed by atoms with Crippen molar-refractivity contribution in [1.29, 1.82) is 0 Å². The quantitative estimate of drug-likeness (QED) is 0.801. The van der Waals surface area contributed by atoms with Gasteiger partial charge in [0.2, 0.25) is 10.0 Å². The van der Waals surface area contributed by atoms with E-state index in [9.17, 15) is 18.3 Å². The fraction of sp³-hybridized carbons (Fsp3) is 0.462. The van der Waals surface area contributed by atoms with Crippen molar-refractivity contribution in [1.82, 2.24) is 4.72 Å². The number of rotatable bonds is 7. The van der Waals surface area contributed by atoms with Gasteiger partial charge in [0.25, 0.3) is 0 Å². The summed E-state index contributed by atoms with van der Waals surface area (Å²) >= 11 is 0. The molecule has 19 heavy (non-hydrogen) atoms. The first-order valence-corrected chi connectivity index (χ1v) is 7.64. The Labute approximate surface area is 113 Å². The summed E-state index contributed by atoms with van der Waals surface area (Å²) in [5.74, 6) is -0.978. The minimum atomic E-state index is -3.66.